The Morgan fingerprint density at radius 3 is 2.64 bits per heavy atom. The molecule has 0 bridgehead atoms. The van der Waals surface area contributed by atoms with Gasteiger partial charge >= 0.3 is 0 Å². The number of hydrogen-bond acceptors (Lipinski definition) is 3. The lowest BCUT2D eigenvalue weighted by Gasteiger charge is -2.25. The van der Waals surface area contributed by atoms with Gasteiger partial charge in [0.25, 0.3) is 10.2 Å². The third-order valence-electron chi connectivity index (χ3n) is 2.24. The summed E-state index contributed by atoms with van der Waals surface area (Å²) in [5, 5.41) is 0.146. The molecule has 0 saturated carbocycles. The van der Waals surface area contributed by atoms with E-state index >= 15 is 0 Å². The van der Waals surface area contributed by atoms with Crippen LogP contribution in [0, 0.1) is 0 Å². The summed E-state index contributed by atoms with van der Waals surface area (Å²) in [5.41, 5.74) is 0. The van der Waals surface area contributed by atoms with Crippen molar-refractivity contribution in [3.63, 3.8) is 0 Å². The van der Waals surface area contributed by atoms with E-state index in [2.05, 4.69) is 6.92 Å². The molecule has 0 aromatic rings. The molecule has 1 unspecified atom stereocenters. The van der Waals surface area contributed by atoms with E-state index in [1.54, 1.807) is 30.2 Å². The zero-order valence-corrected chi connectivity index (χ0v) is 10.6. The molecule has 6 heteroatoms. The first kappa shape index (κ1) is 12.3. The lowest BCUT2D eigenvalue weighted by molar-refractivity contribution is 0.376. The van der Waals surface area contributed by atoms with E-state index in [0.717, 1.165) is 18.6 Å². The number of hydrogen-bond donors (Lipinski definition) is 0. The molecule has 1 rings (SSSR count). The first-order valence-electron chi connectivity index (χ1n) is 4.81. The normalized spacial score (nSPS) is 24.7. The van der Waals surface area contributed by atoms with Crippen LogP contribution in [-0.4, -0.2) is 48.8 Å². The van der Waals surface area contributed by atoms with Crippen molar-refractivity contribution in [1.82, 2.24) is 8.61 Å². The van der Waals surface area contributed by atoms with Crippen molar-refractivity contribution >= 4 is 22.0 Å². The fraction of sp³-hybridized carbons (Fsp3) is 1.00. The third-order valence-corrected chi connectivity index (χ3v) is 5.62. The van der Waals surface area contributed by atoms with Crippen LogP contribution in [0.1, 0.15) is 19.8 Å². The summed E-state index contributed by atoms with van der Waals surface area (Å²) in [6.07, 6.45) is 1.97. The van der Waals surface area contributed by atoms with Crippen molar-refractivity contribution < 1.29 is 8.42 Å². The summed E-state index contributed by atoms with van der Waals surface area (Å²) in [6, 6.07) is 0. The van der Waals surface area contributed by atoms with E-state index in [1.165, 1.54) is 4.31 Å². The molecule has 0 N–H and O–H groups in total. The fourth-order valence-corrected chi connectivity index (χ4v) is 4.47. The van der Waals surface area contributed by atoms with Gasteiger partial charge in [0, 0.05) is 26.4 Å². The highest BCUT2D eigenvalue weighted by Gasteiger charge is 2.35. The first-order chi connectivity index (χ1) is 6.50. The molecule has 0 spiro atoms. The van der Waals surface area contributed by atoms with Crippen LogP contribution < -0.4 is 0 Å². The van der Waals surface area contributed by atoms with E-state index in [1.807, 2.05) is 0 Å². The van der Waals surface area contributed by atoms with E-state index in [-0.39, 0.29) is 5.37 Å². The van der Waals surface area contributed by atoms with Gasteiger partial charge in [0.1, 0.15) is 0 Å². The molecule has 0 aliphatic carbocycles. The van der Waals surface area contributed by atoms with Crippen LogP contribution in [0.3, 0.4) is 0 Å². The summed E-state index contributed by atoms with van der Waals surface area (Å²) in [7, 11) is -0.0329. The quantitative estimate of drug-likeness (QED) is 0.733. The Kier molecular flexibility index (Phi) is 4.24. The topological polar surface area (TPSA) is 40.6 Å². The molecule has 0 amide bonds. The van der Waals surface area contributed by atoms with Gasteiger partial charge in [-0.25, -0.2) is 0 Å². The molecule has 1 aliphatic heterocycles. The Labute approximate surface area is 90.8 Å². The van der Waals surface area contributed by atoms with Crippen LogP contribution >= 0.6 is 11.8 Å². The van der Waals surface area contributed by atoms with E-state index in [9.17, 15) is 8.42 Å². The third kappa shape index (κ3) is 2.42. The minimum absolute atomic E-state index is 0.146. The Bertz CT molecular complexity index is 277. The molecular weight excluding hydrogens is 220 g/mol. The highest BCUT2D eigenvalue weighted by Crippen LogP contribution is 2.30. The van der Waals surface area contributed by atoms with Crippen LogP contribution in [0.5, 0.6) is 0 Å². The Hall–Kier alpha value is 0.220. The molecule has 14 heavy (non-hydrogen) atoms. The highest BCUT2D eigenvalue weighted by atomic mass is 32.2. The molecule has 0 radical (unpaired) electrons. The predicted molar refractivity (Wildman–Crippen MR) is 60.5 cm³/mol. The van der Waals surface area contributed by atoms with Gasteiger partial charge in [-0.2, -0.15) is 17.0 Å². The van der Waals surface area contributed by atoms with Crippen LogP contribution in [0.25, 0.3) is 0 Å². The maximum absolute atomic E-state index is 11.9. The predicted octanol–water partition coefficient (Wildman–Crippen LogP) is 0.968. The molecule has 1 aliphatic rings. The summed E-state index contributed by atoms with van der Waals surface area (Å²) in [6.45, 7) is 2.73. The minimum Gasteiger partial charge on any atom is -0.195 e. The lowest BCUT2D eigenvalue weighted by atomic mass is 10.3. The standard InChI is InChI=1S/C8H18N2O2S2/c1-4-5-8-10(6-7-13-8)14(11,12)9(2)3/h8H,4-7H2,1-3H3. The zero-order chi connectivity index (χ0) is 10.8. The Morgan fingerprint density at radius 1 is 1.50 bits per heavy atom. The molecule has 1 heterocycles. The summed E-state index contributed by atoms with van der Waals surface area (Å²) in [4.78, 5) is 0. The maximum atomic E-state index is 11.9. The number of rotatable bonds is 4. The minimum atomic E-state index is -3.20. The van der Waals surface area contributed by atoms with Crippen molar-refractivity contribution in [2.75, 3.05) is 26.4 Å². The smallest absolute Gasteiger partial charge is 0.195 e. The van der Waals surface area contributed by atoms with E-state index in [0.29, 0.717) is 6.54 Å². The second kappa shape index (κ2) is 4.83. The number of thioether (sulfide) groups is 1. The zero-order valence-electron chi connectivity index (χ0n) is 8.93. The van der Waals surface area contributed by atoms with Gasteiger partial charge in [-0.05, 0) is 6.42 Å². The molecule has 0 aromatic carbocycles. The van der Waals surface area contributed by atoms with Gasteiger partial charge in [0.15, 0.2) is 0 Å². The van der Waals surface area contributed by atoms with Crippen molar-refractivity contribution in [2.24, 2.45) is 0 Å². The van der Waals surface area contributed by atoms with Crippen LogP contribution in [0.2, 0.25) is 0 Å². The monoisotopic (exact) mass is 238 g/mol. The van der Waals surface area contributed by atoms with Crippen LogP contribution in [-0.2, 0) is 10.2 Å². The average molecular weight is 238 g/mol. The summed E-state index contributed by atoms with van der Waals surface area (Å²) >= 11 is 1.74. The molecular formula is C8H18N2O2S2. The first-order valence-corrected chi connectivity index (χ1v) is 7.25. The molecule has 1 saturated heterocycles. The lowest BCUT2D eigenvalue weighted by Crippen LogP contribution is -2.42. The van der Waals surface area contributed by atoms with Crippen molar-refractivity contribution in [2.45, 2.75) is 25.1 Å². The van der Waals surface area contributed by atoms with Crippen molar-refractivity contribution in [1.29, 1.82) is 0 Å². The molecule has 4 nitrogen and oxygen atoms in total. The molecule has 84 valence electrons. The van der Waals surface area contributed by atoms with Gasteiger partial charge in [0.2, 0.25) is 0 Å². The second-order valence-electron chi connectivity index (χ2n) is 3.52. The number of nitrogens with zero attached hydrogens (tertiary/aromatic N) is 2. The summed E-state index contributed by atoms with van der Waals surface area (Å²) in [5.74, 6) is 0.914. The Balaban J connectivity index is 2.76. The second-order valence-corrected chi connectivity index (χ2v) is 6.90. The van der Waals surface area contributed by atoms with Crippen molar-refractivity contribution in [3.8, 4) is 0 Å². The highest BCUT2D eigenvalue weighted by molar-refractivity contribution is 8.01. The van der Waals surface area contributed by atoms with Crippen molar-refractivity contribution in [3.05, 3.63) is 0 Å². The average Bonchev–Trinajstić information content (AvgIpc) is 2.53. The Morgan fingerprint density at radius 2 is 2.14 bits per heavy atom. The SMILES string of the molecule is CCCC1SCCN1S(=O)(=O)N(C)C. The largest absolute Gasteiger partial charge is 0.282 e. The van der Waals surface area contributed by atoms with Crippen LogP contribution in [0.15, 0.2) is 0 Å². The van der Waals surface area contributed by atoms with Gasteiger partial charge in [-0.1, -0.05) is 13.3 Å². The van der Waals surface area contributed by atoms with E-state index in [4.69, 9.17) is 0 Å². The molecule has 1 fully saturated rings. The van der Waals surface area contributed by atoms with Gasteiger partial charge in [-0.15, -0.1) is 11.8 Å². The van der Waals surface area contributed by atoms with Gasteiger partial charge in [0.05, 0.1) is 5.37 Å². The summed E-state index contributed by atoms with van der Waals surface area (Å²) < 4.78 is 26.6. The van der Waals surface area contributed by atoms with E-state index < -0.39 is 10.2 Å². The molecule has 1 atom stereocenters. The maximum Gasteiger partial charge on any atom is 0.282 e. The molecule has 0 aromatic heterocycles. The van der Waals surface area contributed by atoms with Gasteiger partial charge < -0.3 is 0 Å². The van der Waals surface area contributed by atoms with Gasteiger partial charge in [-0.3, -0.25) is 0 Å². The van der Waals surface area contributed by atoms with Crippen LogP contribution in [0.4, 0.5) is 0 Å². The fourth-order valence-electron chi connectivity index (χ4n) is 1.45.